The van der Waals surface area contributed by atoms with Crippen LogP contribution in [0.1, 0.15) is 23.9 Å². The van der Waals surface area contributed by atoms with Crippen LogP contribution >= 0.6 is 15.9 Å². The third-order valence-corrected chi connectivity index (χ3v) is 5.96. The van der Waals surface area contributed by atoms with Gasteiger partial charge in [-0.1, -0.05) is 15.9 Å². The maximum Gasteiger partial charge on any atom is 0.269 e. The molecule has 10 heteroatoms. The highest BCUT2D eigenvalue weighted by atomic mass is 79.9. The van der Waals surface area contributed by atoms with Crippen molar-refractivity contribution in [2.75, 3.05) is 13.7 Å². The van der Waals surface area contributed by atoms with Gasteiger partial charge in [0.1, 0.15) is 24.3 Å². The van der Waals surface area contributed by atoms with Gasteiger partial charge in [-0.05, 0) is 60.5 Å². The number of fused-ring (bicyclic) bond motifs is 1. The van der Waals surface area contributed by atoms with Crippen LogP contribution in [0.5, 0.6) is 17.2 Å². The molecule has 0 aliphatic carbocycles. The molecular weight excluding hydrogens is 528 g/mol. The number of halogens is 1. The Morgan fingerprint density at radius 2 is 1.92 bits per heavy atom. The second-order valence-corrected chi connectivity index (χ2v) is 8.46. The quantitative estimate of drug-likeness (QED) is 0.148. The van der Waals surface area contributed by atoms with Crippen LogP contribution in [0, 0.1) is 21.4 Å². The molecule has 4 rings (SSSR count). The number of nitriles is 1. The summed E-state index contributed by atoms with van der Waals surface area (Å²) in [5.41, 5.74) is 3.31. The third kappa shape index (κ3) is 5.47. The zero-order valence-electron chi connectivity index (χ0n) is 19.4. The number of H-pyrrole nitrogens is 1. The number of ether oxygens (including phenoxy) is 3. The number of non-ortho nitro benzene ring substituents is 1. The largest absolute Gasteiger partial charge is 0.497 e. The van der Waals surface area contributed by atoms with Crippen molar-refractivity contribution in [3.05, 3.63) is 86.1 Å². The van der Waals surface area contributed by atoms with Crippen molar-refractivity contribution in [3.8, 4) is 23.3 Å². The molecule has 0 amide bonds. The van der Waals surface area contributed by atoms with Crippen molar-refractivity contribution >= 4 is 44.3 Å². The molecule has 3 aromatic carbocycles. The van der Waals surface area contributed by atoms with Crippen molar-refractivity contribution in [1.82, 2.24) is 9.97 Å². The third-order valence-electron chi connectivity index (χ3n) is 5.27. The molecular formula is C26H21BrN4O5. The van der Waals surface area contributed by atoms with E-state index in [1.807, 2.05) is 25.1 Å². The number of aromatic nitrogens is 2. The minimum atomic E-state index is -0.446. The van der Waals surface area contributed by atoms with E-state index in [2.05, 4.69) is 32.0 Å². The molecule has 4 aromatic rings. The highest BCUT2D eigenvalue weighted by Gasteiger charge is 2.14. The number of methoxy groups -OCH3 is 1. The monoisotopic (exact) mass is 548 g/mol. The lowest BCUT2D eigenvalue weighted by Crippen LogP contribution is -2.01. The Bertz CT molecular complexity index is 1490. The molecule has 0 aliphatic heterocycles. The van der Waals surface area contributed by atoms with E-state index in [0.29, 0.717) is 45.3 Å². The predicted octanol–water partition coefficient (Wildman–Crippen LogP) is 6.28. The highest BCUT2D eigenvalue weighted by molar-refractivity contribution is 9.10. The van der Waals surface area contributed by atoms with E-state index in [4.69, 9.17) is 14.2 Å². The lowest BCUT2D eigenvalue weighted by Gasteiger charge is -2.14. The lowest BCUT2D eigenvalue weighted by atomic mass is 10.1. The van der Waals surface area contributed by atoms with Crippen molar-refractivity contribution in [2.45, 2.75) is 13.5 Å². The molecule has 182 valence electrons. The number of aromatic amines is 1. The van der Waals surface area contributed by atoms with Gasteiger partial charge in [-0.25, -0.2) is 4.98 Å². The first-order valence-electron chi connectivity index (χ1n) is 10.9. The fourth-order valence-electron chi connectivity index (χ4n) is 3.47. The molecule has 0 spiro atoms. The molecule has 1 aromatic heterocycles. The second-order valence-electron chi connectivity index (χ2n) is 7.60. The normalized spacial score (nSPS) is 11.2. The Labute approximate surface area is 215 Å². The Morgan fingerprint density at radius 1 is 1.17 bits per heavy atom. The standard InChI is InChI=1S/C26H21BrN4O5/c1-3-35-24-11-17(10-18(14-28)26-29-22-9-8-20(34-2)12-23(22)30-26)21(27)13-25(24)36-15-16-4-6-19(7-5-16)31(32)33/h4-13H,3,15H2,1-2H3,(H,29,30)/b18-10-. The summed E-state index contributed by atoms with van der Waals surface area (Å²) >= 11 is 3.56. The van der Waals surface area contributed by atoms with Gasteiger partial charge >= 0.3 is 0 Å². The van der Waals surface area contributed by atoms with Crippen LogP contribution in [0.2, 0.25) is 0 Å². The Morgan fingerprint density at radius 3 is 2.58 bits per heavy atom. The van der Waals surface area contributed by atoms with Crippen LogP contribution in [-0.4, -0.2) is 28.6 Å². The molecule has 36 heavy (non-hydrogen) atoms. The summed E-state index contributed by atoms with van der Waals surface area (Å²) in [5, 5.41) is 20.7. The molecule has 0 radical (unpaired) electrons. The first-order valence-corrected chi connectivity index (χ1v) is 11.7. The Hall–Kier alpha value is -4.36. The van der Waals surface area contributed by atoms with Gasteiger partial charge in [0.2, 0.25) is 0 Å². The summed E-state index contributed by atoms with van der Waals surface area (Å²) in [6.45, 7) is 2.47. The number of hydrogen-bond acceptors (Lipinski definition) is 7. The molecule has 0 saturated carbocycles. The Balaban J connectivity index is 1.62. The number of nitro benzene ring substituents is 1. The van der Waals surface area contributed by atoms with Crippen LogP contribution < -0.4 is 14.2 Å². The predicted molar refractivity (Wildman–Crippen MR) is 139 cm³/mol. The van der Waals surface area contributed by atoms with Gasteiger partial charge in [-0.2, -0.15) is 5.26 Å². The van der Waals surface area contributed by atoms with Crippen LogP contribution in [0.25, 0.3) is 22.7 Å². The SMILES string of the molecule is CCOc1cc(/C=C(/C#N)c2nc3ccc(OC)cc3[nH]2)c(Br)cc1OCc1ccc([N+](=O)[O-])cc1. The lowest BCUT2D eigenvalue weighted by molar-refractivity contribution is -0.384. The molecule has 0 fully saturated rings. The van der Waals surface area contributed by atoms with Gasteiger partial charge in [0.15, 0.2) is 11.5 Å². The minimum Gasteiger partial charge on any atom is -0.497 e. The summed E-state index contributed by atoms with van der Waals surface area (Å²) in [4.78, 5) is 18.1. The maximum atomic E-state index is 10.9. The molecule has 0 aliphatic rings. The number of benzene rings is 3. The summed E-state index contributed by atoms with van der Waals surface area (Å²) in [6.07, 6.45) is 1.71. The summed E-state index contributed by atoms with van der Waals surface area (Å²) in [6, 6.07) is 17.4. The zero-order chi connectivity index (χ0) is 25.7. The minimum absolute atomic E-state index is 0.0181. The molecule has 0 atom stereocenters. The average Bonchev–Trinajstić information content (AvgIpc) is 3.31. The molecule has 0 bridgehead atoms. The van der Waals surface area contributed by atoms with Gasteiger partial charge in [-0.15, -0.1) is 0 Å². The molecule has 0 unspecified atom stereocenters. The van der Waals surface area contributed by atoms with Gasteiger partial charge in [0.25, 0.3) is 5.69 Å². The first kappa shape index (κ1) is 24.8. The smallest absolute Gasteiger partial charge is 0.269 e. The van der Waals surface area contributed by atoms with E-state index in [1.54, 1.807) is 37.5 Å². The molecule has 0 saturated heterocycles. The van der Waals surface area contributed by atoms with E-state index in [1.165, 1.54) is 12.1 Å². The maximum absolute atomic E-state index is 10.9. The molecule has 1 N–H and O–H groups in total. The van der Waals surface area contributed by atoms with Crippen LogP contribution in [0.3, 0.4) is 0 Å². The summed E-state index contributed by atoms with van der Waals surface area (Å²) < 4.78 is 17.7. The fraction of sp³-hybridized carbons (Fsp3) is 0.154. The van der Waals surface area contributed by atoms with Gasteiger partial charge in [0.05, 0.1) is 35.2 Å². The number of allylic oxidation sites excluding steroid dienone is 1. The second kappa shape index (κ2) is 10.9. The van der Waals surface area contributed by atoms with Crippen molar-refractivity contribution in [1.29, 1.82) is 5.26 Å². The van der Waals surface area contributed by atoms with Gasteiger partial charge < -0.3 is 19.2 Å². The topological polar surface area (TPSA) is 123 Å². The number of rotatable bonds is 9. The van der Waals surface area contributed by atoms with E-state index in [0.717, 1.165) is 16.6 Å². The zero-order valence-corrected chi connectivity index (χ0v) is 21.0. The van der Waals surface area contributed by atoms with E-state index in [-0.39, 0.29) is 12.3 Å². The number of imidazole rings is 1. The van der Waals surface area contributed by atoms with E-state index in [9.17, 15) is 15.4 Å². The number of nitrogens with zero attached hydrogens (tertiary/aromatic N) is 3. The van der Waals surface area contributed by atoms with Crippen molar-refractivity contribution in [3.63, 3.8) is 0 Å². The molecule has 1 heterocycles. The first-order chi connectivity index (χ1) is 17.4. The number of nitrogens with one attached hydrogen (secondary N) is 1. The highest BCUT2D eigenvalue weighted by Crippen LogP contribution is 2.36. The van der Waals surface area contributed by atoms with Gasteiger partial charge in [0, 0.05) is 22.7 Å². The molecule has 9 nitrogen and oxygen atoms in total. The number of nitro groups is 1. The van der Waals surface area contributed by atoms with E-state index >= 15 is 0 Å². The van der Waals surface area contributed by atoms with Crippen molar-refractivity contribution < 1.29 is 19.1 Å². The average molecular weight is 549 g/mol. The Kier molecular flexibility index (Phi) is 7.51. The van der Waals surface area contributed by atoms with Crippen molar-refractivity contribution in [2.24, 2.45) is 0 Å². The fourth-order valence-corrected chi connectivity index (χ4v) is 3.91. The van der Waals surface area contributed by atoms with Gasteiger partial charge in [-0.3, -0.25) is 10.1 Å². The summed E-state index contributed by atoms with van der Waals surface area (Å²) in [5.74, 6) is 2.12. The van der Waals surface area contributed by atoms with E-state index < -0.39 is 4.92 Å². The number of hydrogen-bond donors (Lipinski definition) is 1. The van der Waals surface area contributed by atoms with Crippen LogP contribution in [-0.2, 0) is 6.61 Å². The summed E-state index contributed by atoms with van der Waals surface area (Å²) in [7, 11) is 1.59. The van der Waals surface area contributed by atoms with Crippen LogP contribution in [0.15, 0.2) is 59.1 Å². The van der Waals surface area contributed by atoms with Crippen LogP contribution in [0.4, 0.5) is 5.69 Å².